The Labute approximate surface area is 122 Å². The molecule has 0 aromatic carbocycles. The Hall–Kier alpha value is -1.67. The molecule has 0 fully saturated rings. The number of carboxylic acid groups (broad SMARTS) is 1. The fourth-order valence-electron chi connectivity index (χ4n) is 1.39. The minimum atomic E-state index is -1.03. The van der Waals surface area contributed by atoms with Crippen molar-refractivity contribution in [3.8, 4) is 0 Å². The van der Waals surface area contributed by atoms with Crippen LogP contribution in [0.4, 0.5) is 4.79 Å². The van der Waals surface area contributed by atoms with Crippen LogP contribution < -0.4 is 10.6 Å². The number of thiazole rings is 1. The molecule has 0 radical (unpaired) electrons. The number of urea groups is 1. The molecule has 1 heterocycles. The highest BCUT2D eigenvalue weighted by molar-refractivity contribution is 7.09. The van der Waals surface area contributed by atoms with Crippen LogP contribution in [-0.4, -0.2) is 60.2 Å². The summed E-state index contributed by atoms with van der Waals surface area (Å²) in [6.07, 6.45) is 0.528. The Balaban J connectivity index is 2.16. The summed E-state index contributed by atoms with van der Waals surface area (Å²) >= 11 is 1.28. The number of nitrogens with one attached hydrogen (secondary N) is 2. The number of carbonyl (C=O) groups excluding carboxylic acids is 1. The van der Waals surface area contributed by atoms with Gasteiger partial charge >= 0.3 is 12.0 Å². The highest BCUT2D eigenvalue weighted by Gasteiger charge is 2.08. The van der Waals surface area contributed by atoms with Gasteiger partial charge in [0.05, 0.1) is 5.01 Å². The lowest BCUT2D eigenvalue weighted by Crippen LogP contribution is -2.40. The van der Waals surface area contributed by atoms with Crippen LogP contribution >= 0.6 is 11.3 Å². The van der Waals surface area contributed by atoms with E-state index in [0.717, 1.165) is 13.1 Å². The predicted octanol–water partition coefficient (Wildman–Crippen LogP) is 0.635. The van der Waals surface area contributed by atoms with E-state index in [9.17, 15) is 9.59 Å². The Kier molecular flexibility index (Phi) is 6.96. The molecule has 0 saturated carbocycles. The molecule has 112 valence electrons. The van der Waals surface area contributed by atoms with Crippen LogP contribution in [0.15, 0.2) is 5.38 Å². The number of aromatic nitrogens is 1. The lowest BCUT2D eigenvalue weighted by molar-refractivity contribution is 0.0691. The van der Waals surface area contributed by atoms with Crippen molar-refractivity contribution in [2.24, 2.45) is 0 Å². The summed E-state index contributed by atoms with van der Waals surface area (Å²) in [7, 11) is 1.99. The fourth-order valence-corrected chi connectivity index (χ4v) is 2.16. The SMILES string of the molecule is CCN(C)CCNC(=O)NCCc1nc(C(=O)O)cs1. The molecule has 0 atom stereocenters. The number of hydrogen-bond acceptors (Lipinski definition) is 5. The molecule has 1 aromatic heterocycles. The first-order chi connectivity index (χ1) is 9.52. The van der Waals surface area contributed by atoms with Crippen molar-refractivity contribution in [3.63, 3.8) is 0 Å². The lowest BCUT2D eigenvalue weighted by Gasteiger charge is -2.14. The number of amides is 2. The van der Waals surface area contributed by atoms with Gasteiger partial charge in [0, 0.05) is 31.4 Å². The molecule has 0 aliphatic carbocycles. The molecule has 0 unspecified atom stereocenters. The molecular weight excluding hydrogens is 280 g/mol. The molecule has 0 spiro atoms. The van der Waals surface area contributed by atoms with Gasteiger partial charge in [-0.3, -0.25) is 0 Å². The van der Waals surface area contributed by atoms with E-state index in [1.54, 1.807) is 0 Å². The second-order valence-electron chi connectivity index (χ2n) is 4.26. The molecule has 8 heteroatoms. The number of likely N-dealkylation sites (N-methyl/N-ethyl adjacent to an activating group) is 1. The van der Waals surface area contributed by atoms with Gasteiger partial charge in [0.15, 0.2) is 5.69 Å². The Morgan fingerprint density at radius 2 is 2.10 bits per heavy atom. The van der Waals surface area contributed by atoms with Crippen molar-refractivity contribution in [1.82, 2.24) is 20.5 Å². The Morgan fingerprint density at radius 1 is 1.40 bits per heavy atom. The lowest BCUT2D eigenvalue weighted by atomic mass is 10.4. The van der Waals surface area contributed by atoms with Gasteiger partial charge in [-0.15, -0.1) is 11.3 Å². The molecule has 0 aliphatic heterocycles. The standard InChI is InChI=1S/C12H20N4O3S/c1-3-16(2)7-6-14-12(19)13-5-4-10-15-9(8-20-10)11(17)18/h8H,3-7H2,1-2H3,(H,17,18)(H2,13,14,19). The zero-order valence-electron chi connectivity index (χ0n) is 11.7. The molecule has 0 aliphatic rings. The largest absolute Gasteiger partial charge is 0.476 e. The normalized spacial score (nSPS) is 10.6. The average molecular weight is 300 g/mol. The summed E-state index contributed by atoms with van der Waals surface area (Å²) in [6, 6.07) is -0.218. The number of aromatic carboxylic acids is 1. The van der Waals surface area contributed by atoms with E-state index < -0.39 is 5.97 Å². The maximum Gasteiger partial charge on any atom is 0.355 e. The van der Waals surface area contributed by atoms with E-state index in [0.29, 0.717) is 24.5 Å². The summed E-state index contributed by atoms with van der Waals surface area (Å²) < 4.78 is 0. The molecule has 3 N–H and O–H groups in total. The molecule has 1 rings (SSSR count). The molecule has 20 heavy (non-hydrogen) atoms. The first kappa shape index (κ1) is 16.4. The average Bonchev–Trinajstić information content (AvgIpc) is 2.87. The van der Waals surface area contributed by atoms with Crippen molar-refractivity contribution in [1.29, 1.82) is 0 Å². The van der Waals surface area contributed by atoms with Gasteiger partial charge in [-0.2, -0.15) is 0 Å². The monoisotopic (exact) mass is 300 g/mol. The van der Waals surface area contributed by atoms with Crippen molar-refractivity contribution in [3.05, 3.63) is 16.1 Å². The minimum absolute atomic E-state index is 0.0528. The smallest absolute Gasteiger partial charge is 0.355 e. The van der Waals surface area contributed by atoms with Gasteiger partial charge in [0.1, 0.15) is 0 Å². The van der Waals surface area contributed by atoms with Crippen LogP contribution in [0.1, 0.15) is 22.4 Å². The number of nitrogens with zero attached hydrogens (tertiary/aromatic N) is 2. The predicted molar refractivity (Wildman–Crippen MR) is 77.3 cm³/mol. The summed E-state index contributed by atoms with van der Waals surface area (Å²) in [6.45, 7) is 4.83. The van der Waals surface area contributed by atoms with Gasteiger partial charge < -0.3 is 20.6 Å². The van der Waals surface area contributed by atoms with E-state index in [2.05, 4.69) is 27.4 Å². The number of carboxylic acids is 1. The molecular formula is C12H20N4O3S. The van der Waals surface area contributed by atoms with Gasteiger partial charge in [-0.05, 0) is 13.6 Å². The van der Waals surface area contributed by atoms with Gasteiger partial charge in [0.2, 0.25) is 0 Å². The number of hydrogen-bond donors (Lipinski definition) is 3. The maximum absolute atomic E-state index is 11.5. The zero-order chi connectivity index (χ0) is 15.0. The van der Waals surface area contributed by atoms with Crippen LogP contribution in [0.5, 0.6) is 0 Å². The van der Waals surface area contributed by atoms with Gasteiger partial charge in [0.25, 0.3) is 0 Å². The quantitative estimate of drug-likeness (QED) is 0.655. The van der Waals surface area contributed by atoms with Crippen LogP contribution in [0.25, 0.3) is 0 Å². The third-order valence-electron chi connectivity index (χ3n) is 2.71. The minimum Gasteiger partial charge on any atom is -0.476 e. The molecule has 1 aromatic rings. The number of rotatable bonds is 8. The first-order valence-electron chi connectivity index (χ1n) is 6.41. The maximum atomic E-state index is 11.5. The van der Waals surface area contributed by atoms with Crippen LogP contribution in [0.2, 0.25) is 0 Å². The molecule has 2 amide bonds. The highest BCUT2D eigenvalue weighted by Crippen LogP contribution is 2.09. The third-order valence-corrected chi connectivity index (χ3v) is 3.62. The zero-order valence-corrected chi connectivity index (χ0v) is 12.5. The number of carbonyl (C=O) groups is 2. The van der Waals surface area contributed by atoms with E-state index in [4.69, 9.17) is 5.11 Å². The van der Waals surface area contributed by atoms with E-state index in [1.165, 1.54) is 16.7 Å². The Bertz CT molecular complexity index is 450. The van der Waals surface area contributed by atoms with Crippen molar-refractivity contribution < 1.29 is 14.7 Å². The van der Waals surface area contributed by atoms with E-state index in [1.807, 2.05) is 7.05 Å². The van der Waals surface area contributed by atoms with E-state index >= 15 is 0 Å². The highest BCUT2D eigenvalue weighted by atomic mass is 32.1. The van der Waals surface area contributed by atoms with Crippen molar-refractivity contribution in [2.75, 3.05) is 33.2 Å². The molecule has 7 nitrogen and oxygen atoms in total. The summed E-state index contributed by atoms with van der Waals surface area (Å²) in [4.78, 5) is 28.2. The van der Waals surface area contributed by atoms with Gasteiger partial charge in [-0.1, -0.05) is 6.92 Å². The van der Waals surface area contributed by atoms with Crippen molar-refractivity contribution in [2.45, 2.75) is 13.3 Å². The van der Waals surface area contributed by atoms with Crippen LogP contribution in [-0.2, 0) is 6.42 Å². The van der Waals surface area contributed by atoms with Crippen LogP contribution in [0, 0.1) is 0 Å². The molecule has 0 bridgehead atoms. The summed E-state index contributed by atoms with van der Waals surface area (Å²) in [5, 5.41) is 16.4. The second kappa shape index (κ2) is 8.49. The summed E-state index contributed by atoms with van der Waals surface area (Å²) in [5.74, 6) is -1.03. The van der Waals surface area contributed by atoms with E-state index in [-0.39, 0.29) is 11.7 Å². The molecule has 0 saturated heterocycles. The second-order valence-corrected chi connectivity index (χ2v) is 5.20. The topological polar surface area (TPSA) is 94.6 Å². The van der Waals surface area contributed by atoms with Gasteiger partial charge in [-0.25, -0.2) is 14.6 Å². The van der Waals surface area contributed by atoms with Crippen LogP contribution in [0.3, 0.4) is 0 Å². The summed E-state index contributed by atoms with van der Waals surface area (Å²) in [5.41, 5.74) is 0.0528. The fraction of sp³-hybridized carbons (Fsp3) is 0.583. The third kappa shape index (κ3) is 5.98. The first-order valence-corrected chi connectivity index (χ1v) is 7.28. The van der Waals surface area contributed by atoms with Crippen molar-refractivity contribution >= 4 is 23.3 Å². The Morgan fingerprint density at radius 3 is 2.70 bits per heavy atom.